The second kappa shape index (κ2) is 7.68. The molecule has 0 saturated carbocycles. The zero-order chi connectivity index (χ0) is 22.5. The van der Waals surface area contributed by atoms with Crippen LogP contribution in [0.5, 0.6) is 5.75 Å². The minimum absolute atomic E-state index is 0.000742. The molecule has 0 amide bonds. The number of aromatic hydroxyl groups is 1. The van der Waals surface area contributed by atoms with E-state index in [1.807, 2.05) is 6.07 Å². The molecule has 1 fully saturated rings. The van der Waals surface area contributed by atoms with E-state index < -0.39 is 11.7 Å². The summed E-state index contributed by atoms with van der Waals surface area (Å²) in [6, 6.07) is 6.05. The maximum Gasteiger partial charge on any atom is 0.420 e. The van der Waals surface area contributed by atoms with E-state index >= 15 is 0 Å². The Morgan fingerprint density at radius 1 is 1.09 bits per heavy atom. The first-order valence-corrected chi connectivity index (χ1v) is 10.6. The summed E-state index contributed by atoms with van der Waals surface area (Å²) in [5, 5.41) is 18.5. The number of aromatic nitrogens is 3. The molecule has 1 atom stereocenters. The maximum atomic E-state index is 13.9. The molecule has 4 bridgehead atoms. The number of pyridine rings is 1. The van der Waals surface area contributed by atoms with Crippen LogP contribution in [-0.4, -0.2) is 32.9 Å². The van der Waals surface area contributed by atoms with E-state index in [-0.39, 0.29) is 40.8 Å². The smallest absolute Gasteiger partial charge is 0.420 e. The standard InChI is InChI=1S/C22H22F3N5O2/c23-22(24,25)14-11-15(26)18-21-29-28-20(32-21)17-12(6-3-9-16(17)31)5-1-2-7-13-8-4-10-30(13)19(14)27-18/h3,6,9,11,13,31H,1-2,4-5,7-8,10,26H2/t13-/m1/s1. The highest BCUT2D eigenvalue weighted by atomic mass is 19.4. The zero-order valence-electron chi connectivity index (χ0n) is 17.2. The molecule has 2 aliphatic rings. The summed E-state index contributed by atoms with van der Waals surface area (Å²) in [5.74, 6) is -0.161. The van der Waals surface area contributed by atoms with Crippen LogP contribution in [0.2, 0.25) is 0 Å². The third-order valence-electron chi connectivity index (χ3n) is 6.19. The second-order valence-electron chi connectivity index (χ2n) is 8.25. The first-order chi connectivity index (χ1) is 15.3. The Morgan fingerprint density at radius 2 is 1.88 bits per heavy atom. The molecule has 0 radical (unpaired) electrons. The minimum atomic E-state index is -4.60. The average molecular weight is 445 g/mol. The monoisotopic (exact) mass is 445 g/mol. The van der Waals surface area contributed by atoms with Crippen LogP contribution in [-0.2, 0) is 12.6 Å². The van der Waals surface area contributed by atoms with Crippen LogP contribution in [0.4, 0.5) is 24.7 Å². The first kappa shape index (κ1) is 20.6. The van der Waals surface area contributed by atoms with Gasteiger partial charge in [-0.3, -0.25) is 0 Å². The van der Waals surface area contributed by atoms with Crippen LogP contribution < -0.4 is 10.6 Å². The Kier molecular flexibility index (Phi) is 4.94. The van der Waals surface area contributed by atoms with Gasteiger partial charge >= 0.3 is 6.18 Å². The third-order valence-corrected chi connectivity index (χ3v) is 6.19. The van der Waals surface area contributed by atoms with Crippen molar-refractivity contribution in [3.05, 3.63) is 35.4 Å². The number of aryl methyl sites for hydroxylation is 1. The Morgan fingerprint density at radius 3 is 2.69 bits per heavy atom. The Hall–Kier alpha value is -3.30. The summed E-state index contributed by atoms with van der Waals surface area (Å²) in [4.78, 5) is 6.06. The van der Waals surface area contributed by atoms with Crippen molar-refractivity contribution in [1.29, 1.82) is 0 Å². The van der Waals surface area contributed by atoms with Crippen molar-refractivity contribution in [3.63, 3.8) is 0 Å². The molecule has 2 aliphatic heterocycles. The van der Waals surface area contributed by atoms with E-state index in [2.05, 4.69) is 15.2 Å². The van der Waals surface area contributed by atoms with Gasteiger partial charge in [0, 0.05) is 12.6 Å². The number of hydrogen-bond acceptors (Lipinski definition) is 7. The molecule has 1 aromatic carbocycles. The van der Waals surface area contributed by atoms with Gasteiger partial charge in [-0.2, -0.15) is 13.2 Å². The fourth-order valence-corrected chi connectivity index (χ4v) is 4.69. The molecule has 168 valence electrons. The summed E-state index contributed by atoms with van der Waals surface area (Å²) >= 11 is 0. The van der Waals surface area contributed by atoms with Crippen LogP contribution >= 0.6 is 0 Å². The topological polar surface area (TPSA) is 101 Å². The van der Waals surface area contributed by atoms with E-state index in [0.29, 0.717) is 18.5 Å². The van der Waals surface area contributed by atoms with Crippen LogP contribution in [0.25, 0.3) is 23.0 Å². The number of nitrogens with zero attached hydrogens (tertiary/aromatic N) is 4. The Balaban J connectivity index is 1.71. The van der Waals surface area contributed by atoms with E-state index in [9.17, 15) is 18.3 Å². The number of phenolic OH excluding ortho intramolecular Hbond substituents is 1. The molecule has 1 saturated heterocycles. The number of anilines is 2. The van der Waals surface area contributed by atoms with Gasteiger partial charge in [-0.1, -0.05) is 18.6 Å². The van der Waals surface area contributed by atoms with Gasteiger partial charge in [0.05, 0.1) is 11.3 Å². The highest BCUT2D eigenvalue weighted by Gasteiger charge is 2.40. The van der Waals surface area contributed by atoms with Gasteiger partial charge in [0.25, 0.3) is 11.8 Å². The zero-order valence-corrected chi connectivity index (χ0v) is 17.2. The van der Waals surface area contributed by atoms with E-state index in [1.165, 1.54) is 6.07 Å². The predicted molar refractivity (Wildman–Crippen MR) is 112 cm³/mol. The quantitative estimate of drug-likeness (QED) is 0.512. The third kappa shape index (κ3) is 3.53. The molecule has 3 N–H and O–H groups in total. The molecule has 5 rings (SSSR count). The summed E-state index contributed by atoms with van der Waals surface area (Å²) in [6.07, 6.45) is 0.0750. The van der Waals surface area contributed by atoms with Crippen molar-refractivity contribution >= 4 is 11.5 Å². The van der Waals surface area contributed by atoms with Crippen LogP contribution in [0.15, 0.2) is 28.7 Å². The second-order valence-corrected chi connectivity index (χ2v) is 8.25. The molecule has 10 heteroatoms. The maximum absolute atomic E-state index is 13.9. The first-order valence-electron chi connectivity index (χ1n) is 10.6. The Labute approximate surface area is 182 Å². The summed E-state index contributed by atoms with van der Waals surface area (Å²) in [5.41, 5.74) is 6.22. The van der Waals surface area contributed by atoms with Crippen molar-refractivity contribution in [2.45, 2.75) is 50.7 Å². The van der Waals surface area contributed by atoms with Crippen LogP contribution in [0, 0.1) is 0 Å². The van der Waals surface area contributed by atoms with Gasteiger partial charge in [-0.05, 0) is 49.8 Å². The summed E-state index contributed by atoms with van der Waals surface area (Å²) in [7, 11) is 0. The van der Waals surface area contributed by atoms with Crippen molar-refractivity contribution in [2.75, 3.05) is 17.2 Å². The van der Waals surface area contributed by atoms with E-state index in [0.717, 1.165) is 43.7 Å². The van der Waals surface area contributed by atoms with Crippen LogP contribution in [0.3, 0.4) is 0 Å². The molecule has 7 nitrogen and oxygen atoms in total. The van der Waals surface area contributed by atoms with Gasteiger partial charge in [0.2, 0.25) is 0 Å². The fraction of sp³-hybridized carbons (Fsp3) is 0.409. The van der Waals surface area contributed by atoms with Crippen molar-refractivity contribution in [2.24, 2.45) is 0 Å². The number of halogens is 3. The molecule has 32 heavy (non-hydrogen) atoms. The lowest BCUT2D eigenvalue weighted by Crippen LogP contribution is -2.32. The number of benzene rings is 1. The fourth-order valence-electron chi connectivity index (χ4n) is 4.69. The lowest BCUT2D eigenvalue weighted by Gasteiger charge is -2.29. The molecule has 4 heterocycles. The minimum Gasteiger partial charge on any atom is -0.507 e. The lowest BCUT2D eigenvalue weighted by atomic mass is 9.98. The number of rotatable bonds is 0. The van der Waals surface area contributed by atoms with Crippen molar-refractivity contribution in [3.8, 4) is 28.8 Å². The molecule has 3 aromatic rings. The highest BCUT2D eigenvalue weighted by Crippen LogP contribution is 2.43. The number of nitrogen functional groups attached to an aromatic ring is 1. The van der Waals surface area contributed by atoms with Gasteiger partial charge in [0.15, 0.2) is 5.69 Å². The van der Waals surface area contributed by atoms with Gasteiger partial charge in [0.1, 0.15) is 17.1 Å². The molecule has 0 unspecified atom stereocenters. The molecule has 0 aliphatic carbocycles. The number of phenols is 1. The largest absolute Gasteiger partial charge is 0.507 e. The van der Waals surface area contributed by atoms with Gasteiger partial charge in [-0.25, -0.2) is 4.98 Å². The van der Waals surface area contributed by atoms with Gasteiger partial charge < -0.3 is 20.2 Å². The van der Waals surface area contributed by atoms with E-state index in [1.54, 1.807) is 11.0 Å². The number of fused-ring (bicyclic) bond motifs is 9. The lowest BCUT2D eigenvalue weighted by molar-refractivity contribution is -0.137. The highest BCUT2D eigenvalue weighted by molar-refractivity contribution is 5.73. The normalized spacial score (nSPS) is 18.7. The summed E-state index contributed by atoms with van der Waals surface area (Å²) < 4.78 is 47.4. The van der Waals surface area contributed by atoms with Crippen molar-refractivity contribution in [1.82, 2.24) is 15.2 Å². The molecule has 2 aromatic heterocycles. The van der Waals surface area contributed by atoms with E-state index in [4.69, 9.17) is 10.2 Å². The average Bonchev–Trinajstić information content (AvgIpc) is 3.40. The Bertz CT molecular complexity index is 1160. The van der Waals surface area contributed by atoms with Crippen molar-refractivity contribution < 1.29 is 22.7 Å². The number of nitrogens with two attached hydrogens (primary N) is 1. The SMILES string of the molecule is Nc1cc(C(F)(F)F)c2nc1-c1nnc(o1)-c1c(O)cccc1CCCC[C@@H]1CCCN21. The van der Waals surface area contributed by atoms with Gasteiger partial charge in [-0.15, -0.1) is 10.2 Å². The van der Waals surface area contributed by atoms with Crippen LogP contribution in [0.1, 0.15) is 43.2 Å². The number of hydrogen-bond donors (Lipinski definition) is 2. The molecular weight excluding hydrogens is 423 g/mol. The summed E-state index contributed by atoms with van der Waals surface area (Å²) in [6.45, 7) is 0.496. The molecular formula is C22H22F3N5O2. The number of alkyl halides is 3. The predicted octanol–water partition coefficient (Wildman–Crippen LogP) is 4.80. The molecule has 0 spiro atoms.